The highest BCUT2D eigenvalue weighted by molar-refractivity contribution is 7.99. The van der Waals surface area contributed by atoms with Gasteiger partial charge in [-0.25, -0.2) is 8.78 Å². The fourth-order valence-corrected chi connectivity index (χ4v) is 3.29. The van der Waals surface area contributed by atoms with Gasteiger partial charge in [-0.2, -0.15) is 11.8 Å². The lowest BCUT2D eigenvalue weighted by Gasteiger charge is -2.27. The van der Waals surface area contributed by atoms with Gasteiger partial charge in [0, 0.05) is 42.6 Å². The molecule has 21 heavy (non-hydrogen) atoms. The van der Waals surface area contributed by atoms with Crippen LogP contribution in [0.4, 0.5) is 8.78 Å². The third-order valence-electron chi connectivity index (χ3n) is 3.56. The SMILES string of the molecule is CCN(Cc1c(F)cccc1F)C(=O)CC1CSCCN1. The van der Waals surface area contributed by atoms with Crippen LogP contribution in [0.2, 0.25) is 0 Å². The smallest absolute Gasteiger partial charge is 0.224 e. The Morgan fingerprint density at radius 3 is 2.71 bits per heavy atom. The second kappa shape index (κ2) is 7.75. The summed E-state index contributed by atoms with van der Waals surface area (Å²) < 4.78 is 27.4. The zero-order chi connectivity index (χ0) is 15.2. The van der Waals surface area contributed by atoms with E-state index in [1.54, 1.807) is 0 Å². The molecule has 1 saturated heterocycles. The summed E-state index contributed by atoms with van der Waals surface area (Å²) in [4.78, 5) is 13.8. The summed E-state index contributed by atoms with van der Waals surface area (Å²) in [6.45, 7) is 3.14. The molecule has 1 atom stereocenters. The number of carbonyl (C=O) groups is 1. The minimum Gasteiger partial charge on any atom is -0.338 e. The van der Waals surface area contributed by atoms with Crippen LogP contribution in [0.25, 0.3) is 0 Å². The first-order chi connectivity index (χ1) is 10.1. The monoisotopic (exact) mass is 314 g/mol. The van der Waals surface area contributed by atoms with Gasteiger partial charge in [-0.1, -0.05) is 6.07 Å². The normalized spacial score (nSPS) is 18.5. The number of hydrogen-bond donors (Lipinski definition) is 1. The van der Waals surface area contributed by atoms with Crippen molar-refractivity contribution in [1.82, 2.24) is 10.2 Å². The van der Waals surface area contributed by atoms with Gasteiger partial charge in [0.25, 0.3) is 0 Å². The standard InChI is InChI=1S/C15H20F2N2OS/c1-2-19(9-12-13(16)4-3-5-14(12)17)15(20)8-11-10-21-7-6-18-11/h3-5,11,18H,2,6-10H2,1H3. The molecule has 0 bridgehead atoms. The first-order valence-electron chi connectivity index (χ1n) is 7.13. The van der Waals surface area contributed by atoms with Crippen LogP contribution in [0.3, 0.4) is 0 Å². The highest BCUT2D eigenvalue weighted by atomic mass is 32.2. The van der Waals surface area contributed by atoms with Gasteiger partial charge >= 0.3 is 0 Å². The summed E-state index contributed by atoms with van der Waals surface area (Å²) in [7, 11) is 0. The van der Waals surface area contributed by atoms with E-state index in [4.69, 9.17) is 0 Å². The molecule has 1 amide bonds. The Morgan fingerprint density at radius 1 is 1.43 bits per heavy atom. The van der Waals surface area contributed by atoms with Crippen LogP contribution in [0.1, 0.15) is 18.9 Å². The summed E-state index contributed by atoms with van der Waals surface area (Å²) >= 11 is 1.82. The average Bonchev–Trinajstić information content (AvgIpc) is 2.48. The molecule has 0 saturated carbocycles. The molecule has 6 heteroatoms. The number of thioether (sulfide) groups is 1. The zero-order valence-electron chi connectivity index (χ0n) is 12.1. The predicted molar refractivity (Wildman–Crippen MR) is 81.2 cm³/mol. The minimum atomic E-state index is -0.604. The van der Waals surface area contributed by atoms with E-state index in [9.17, 15) is 13.6 Å². The van der Waals surface area contributed by atoms with E-state index >= 15 is 0 Å². The average molecular weight is 314 g/mol. The van der Waals surface area contributed by atoms with E-state index in [1.807, 2.05) is 18.7 Å². The molecule has 1 aliphatic rings. The van der Waals surface area contributed by atoms with Gasteiger partial charge in [0.05, 0.1) is 6.54 Å². The van der Waals surface area contributed by atoms with E-state index in [0.29, 0.717) is 13.0 Å². The van der Waals surface area contributed by atoms with Gasteiger partial charge in [-0.05, 0) is 19.1 Å². The molecule has 1 heterocycles. The fraction of sp³-hybridized carbons (Fsp3) is 0.533. The predicted octanol–water partition coefficient (Wildman–Crippen LogP) is 2.41. The molecule has 1 aliphatic heterocycles. The Bertz CT molecular complexity index is 472. The molecule has 116 valence electrons. The van der Waals surface area contributed by atoms with Gasteiger partial charge in [0.2, 0.25) is 5.91 Å². The van der Waals surface area contributed by atoms with Gasteiger partial charge in [0.15, 0.2) is 0 Å². The van der Waals surface area contributed by atoms with E-state index in [2.05, 4.69) is 5.32 Å². The molecule has 1 aromatic carbocycles. The molecule has 0 aromatic heterocycles. The van der Waals surface area contributed by atoms with E-state index in [1.165, 1.54) is 23.1 Å². The topological polar surface area (TPSA) is 32.3 Å². The van der Waals surface area contributed by atoms with Crippen LogP contribution in [0.5, 0.6) is 0 Å². The number of halogens is 2. The number of nitrogens with one attached hydrogen (secondary N) is 1. The molecule has 1 fully saturated rings. The number of benzene rings is 1. The van der Waals surface area contributed by atoms with Crippen molar-refractivity contribution in [3.05, 3.63) is 35.4 Å². The van der Waals surface area contributed by atoms with Crippen molar-refractivity contribution < 1.29 is 13.6 Å². The Hall–Kier alpha value is -1.14. The van der Waals surface area contributed by atoms with Crippen molar-refractivity contribution in [3.63, 3.8) is 0 Å². The van der Waals surface area contributed by atoms with E-state index in [-0.39, 0.29) is 24.1 Å². The van der Waals surface area contributed by atoms with Crippen LogP contribution in [-0.2, 0) is 11.3 Å². The zero-order valence-corrected chi connectivity index (χ0v) is 12.9. The number of nitrogens with zero attached hydrogens (tertiary/aromatic N) is 1. The number of amides is 1. The molecule has 1 unspecified atom stereocenters. The minimum absolute atomic E-state index is 0.0201. The van der Waals surface area contributed by atoms with Crippen LogP contribution in [0, 0.1) is 11.6 Å². The summed E-state index contributed by atoms with van der Waals surface area (Å²) in [5, 5.41) is 3.30. The largest absolute Gasteiger partial charge is 0.338 e. The molecule has 0 aliphatic carbocycles. The first kappa shape index (κ1) is 16.2. The van der Waals surface area contributed by atoms with Gasteiger partial charge in [0.1, 0.15) is 11.6 Å². The van der Waals surface area contributed by atoms with Crippen LogP contribution < -0.4 is 5.32 Å². The Labute approximate surface area is 128 Å². The maximum atomic E-state index is 13.7. The lowest BCUT2D eigenvalue weighted by Crippen LogP contribution is -2.42. The summed E-state index contributed by atoms with van der Waals surface area (Å²) in [6.07, 6.45) is 0.372. The maximum Gasteiger partial charge on any atom is 0.224 e. The van der Waals surface area contributed by atoms with Crippen molar-refractivity contribution in [2.45, 2.75) is 25.9 Å². The lowest BCUT2D eigenvalue weighted by atomic mass is 10.1. The third kappa shape index (κ3) is 4.41. The number of rotatable bonds is 5. The molecule has 3 nitrogen and oxygen atoms in total. The Morgan fingerprint density at radius 2 is 2.14 bits per heavy atom. The molecule has 1 N–H and O–H groups in total. The van der Waals surface area contributed by atoms with E-state index < -0.39 is 11.6 Å². The third-order valence-corrected chi connectivity index (χ3v) is 4.70. The second-order valence-corrected chi connectivity index (χ2v) is 6.19. The van der Waals surface area contributed by atoms with Crippen molar-refractivity contribution in [2.75, 3.05) is 24.6 Å². The molecule has 2 rings (SSSR count). The molecular formula is C15H20F2N2OS. The van der Waals surface area contributed by atoms with Crippen molar-refractivity contribution in [2.24, 2.45) is 0 Å². The van der Waals surface area contributed by atoms with Crippen molar-refractivity contribution >= 4 is 17.7 Å². The Kier molecular flexibility index (Phi) is 5.99. The van der Waals surface area contributed by atoms with E-state index in [0.717, 1.165) is 18.1 Å². The van der Waals surface area contributed by atoms with Gasteiger partial charge < -0.3 is 10.2 Å². The summed E-state index contributed by atoms with van der Waals surface area (Å²) in [5.41, 5.74) is -0.0429. The molecule has 0 spiro atoms. The highest BCUT2D eigenvalue weighted by Gasteiger charge is 2.22. The highest BCUT2D eigenvalue weighted by Crippen LogP contribution is 2.17. The first-order valence-corrected chi connectivity index (χ1v) is 8.29. The summed E-state index contributed by atoms with van der Waals surface area (Å²) in [5.74, 6) is 0.681. The van der Waals surface area contributed by atoms with Crippen LogP contribution in [-0.4, -0.2) is 41.4 Å². The van der Waals surface area contributed by atoms with Crippen molar-refractivity contribution in [1.29, 1.82) is 0 Å². The maximum absolute atomic E-state index is 13.7. The fourth-order valence-electron chi connectivity index (χ4n) is 2.34. The summed E-state index contributed by atoms with van der Waals surface area (Å²) in [6, 6.07) is 3.91. The molecule has 1 aromatic rings. The van der Waals surface area contributed by atoms with Crippen molar-refractivity contribution in [3.8, 4) is 0 Å². The van der Waals surface area contributed by atoms with Crippen LogP contribution in [0.15, 0.2) is 18.2 Å². The second-order valence-electron chi connectivity index (χ2n) is 5.04. The Balaban J connectivity index is 2.00. The number of hydrogen-bond acceptors (Lipinski definition) is 3. The van der Waals surface area contributed by atoms with Gasteiger partial charge in [-0.3, -0.25) is 4.79 Å². The van der Waals surface area contributed by atoms with Gasteiger partial charge in [-0.15, -0.1) is 0 Å². The lowest BCUT2D eigenvalue weighted by molar-refractivity contribution is -0.132. The van der Waals surface area contributed by atoms with Crippen LogP contribution >= 0.6 is 11.8 Å². The number of carbonyl (C=O) groups excluding carboxylic acids is 1. The molecule has 0 radical (unpaired) electrons. The molecular weight excluding hydrogens is 294 g/mol. The quantitative estimate of drug-likeness (QED) is 0.906.